The van der Waals surface area contributed by atoms with E-state index in [1.54, 1.807) is 23.3 Å². The number of ether oxygens (including phenoxy) is 1. The van der Waals surface area contributed by atoms with Crippen LogP contribution in [0, 0.1) is 13.8 Å². The molecule has 41 heavy (non-hydrogen) atoms. The van der Waals surface area contributed by atoms with Crippen LogP contribution >= 0.6 is 0 Å². The summed E-state index contributed by atoms with van der Waals surface area (Å²) in [6.45, 7) is 6.25. The first kappa shape index (κ1) is 28.4. The number of rotatable bonds is 9. The molecule has 218 valence electrons. The highest BCUT2D eigenvalue weighted by Crippen LogP contribution is 2.24. The van der Waals surface area contributed by atoms with Crippen molar-refractivity contribution in [3.63, 3.8) is 0 Å². The fraction of sp³-hybridized carbons (Fsp3) is 0.500. The lowest BCUT2D eigenvalue weighted by atomic mass is 9.96. The number of hydrogen-bond acceptors (Lipinski definition) is 7. The summed E-state index contributed by atoms with van der Waals surface area (Å²) in [5.41, 5.74) is 1.98. The summed E-state index contributed by atoms with van der Waals surface area (Å²) in [6, 6.07) is 9.70. The van der Waals surface area contributed by atoms with Crippen molar-refractivity contribution in [2.24, 2.45) is 0 Å². The van der Waals surface area contributed by atoms with Gasteiger partial charge in [-0.25, -0.2) is 14.8 Å². The Morgan fingerprint density at radius 2 is 1.85 bits per heavy atom. The number of aryl methyl sites for hydroxylation is 2. The minimum Gasteiger partial charge on any atom is -0.492 e. The van der Waals surface area contributed by atoms with Crippen molar-refractivity contribution in [3.05, 3.63) is 60.3 Å². The van der Waals surface area contributed by atoms with Gasteiger partial charge in [0.1, 0.15) is 24.5 Å². The SMILES string of the molecule is Cc1ccc(OCCNC(=O)CC2CN(C(=O)NC3CCCCC3)CCN2c2cc(C)nc(-n3ccnc3)n2)cc1. The molecule has 1 saturated heterocycles. The average Bonchev–Trinajstić information content (AvgIpc) is 3.52. The zero-order valence-electron chi connectivity index (χ0n) is 24.0. The summed E-state index contributed by atoms with van der Waals surface area (Å²) in [7, 11) is 0. The van der Waals surface area contributed by atoms with Gasteiger partial charge in [0.15, 0.2) is 0 Å². The molecule has 3 amide bonds. The third kappa shape index (κ3) is 7.74. The van der Waals surface area contributed by atoms with Crippen molar-refractivity contribution in [2.45, 2.75) is 64.5 Å². The fourth-order valence-electron chi connectivity index (χ4n) is 5.49. The van der Waals surface area contributed by atoms with Crippen molar-refractivity contribution in [1.29, 1.82) is 0 Å². The number of anilines is 1. The van der Waals surface area contributed by atoms with Crippen molar-refractivity contribution >= 4 is 17.8 Å². The predicted molar refractivity (Wildman–Crippen MR) is 156 cm³/mol. The van der Waals surface area contributed by atoms with Gasteiger partial charge in [-0.15, -0.1) is 0 Å². The van der Waals surface area contributed by atoms with E-state index < -0.39 is 0 Å². The van der Waals surface area contributed by atoms with Crippen LogP contribution in [0.25, 0.3) is 5.95 Å². The van der Waals surface area contributed by atoms with Gasteiger partial charge in [0.25, 0.3) is 0 Å². The molecule has 0 radical (unpaired) electrons. The molecule has 1 aromatic carbocycles. The Labute approximate surface area is 241 Å². The molecule has 3 aromatic rings. The number of piperazine rings is 1. The molecule has 0 spiro atoms. The van der Waals surface area contributed by atoms with Crippen LogP contribution in [0.4, 0.5) is 10.6 Å². The highest BCUT2D eigenvalue weighted by Gasteiger charge is 2.33. The Morgan fingerprint density at radius 3 is 2.61 bits per heavy atom. The second-order valence-electron chi connectivity index (χ2n) is 10.9. The lowest BCUT2D eigenvalue weighted by molar-refractivity contribution is -0.121. The van der Waals surface area contributed by atoms with Crippen LogP contribution in [0.1, 0.15) is 49.8 Å². The molecule has 3 heterocycles. The number of aromatic nitrogens is 4. The van der Waals surface area contributed by atoms with Crippen LogP contribution in [-0.4, -0.2) is 81.2 Å². The van der Waals surface area contributed by atoms with Crippen LogP contribution in [0.5, 0.6) is 5.75 Å². The Bertz CT molecular complexity index is 1290. The van der Waals surface area contributed by atoms with Crippen LogP contribution in [0.3, 0.4) is 0 Å². The van der Waals surface area contributed by atoms with Crippen molar-refractivity contribution in [3.8, 4) is 11.7 Å². The van der Waals surface area contributed by atoms with Crippen LogP contribution in [0.15, 0.2) is 49.1 Å². The highest BCUT2D eigenvalue weighted by atomic mass is 16.5. The average molecular weight is 561 g/mol. The summed E-state index contributed by atoms with van der Waals surface area (Å²) < 4.78 is 7.53. The van der Waals surface area contributed by atoms with Crippen LogP contribution < -0.4 is 20.3 Å². The quantitative estimate of drug-likeness (QED) is 0.385. The number of hydrogen-bond donors (Lipinski definition) is 2. The maximum absolute atomic E-state index is 13.2. The van der Waals surface area contributed by atoms with E-state index in [9.17, 15) is 9.59 Å². The van der Waals surface area contributed by atoms with Crippen molar-refractivity contribution in [1.82, 2.24) is 35.1 Å². The number of imidazole rings is 1. The van der Waals surface area contributed by atoms with E-state index >= 15 is 0 Å². The molecule has 2 fully saturated rings. The molecule has 1 unspecified atom stereocenters. The molecule has 11 heteroatoms. The first-order valence-corrected chi connectivity index (χ1v) is 14.6. The second kappa shape index (κ2) is 13.5. The van der Waals surface area contributed by atoms with E-state index in [0.717, 1.165) is 42.9 Å². The van der Waals surface area contributed by atoms with Gasteiger partial charge in [-0.3, -0.25) is 9.36 Å². The van der Waals surface area contributed by atoms with Gasteiger partial charge >= 0.3 is 6.03 Å². The lowest BCUT2D eigenvalue weighted by Crippen LogP contribution is -2.59. The molecule has 5 rings (SSSR count). The van der Waals surface area contributed by atoms with Gasteiger partial charge in [0.05, 0.1) is 12.6 Å². The van der Waals surface area contributed by atoms with E-state index in [1.165, 1.54) is 12.0 Å². The van der Waals surface area contributed by atoms with Gasteiger partial charge in [0.2, 0.25) is 11.9 Å². The van der Waals surface area contributed by atoms with E-state index in [2.05, 4.69) is 25.5 Å². The standard InChI is InChI=1S/C30H40N8O3/c1-22-8-10-26(11-9-22)41-17-13-32-28(39)19-25-20-36(30(40)34-24-6-4-3-5-7-24)15-16-38(25)27-18-23(2)33-29(35-27)37-14-12-31-21-37/h8-12,14,18,21,24-25H,3-7,13,15-17,19-20H2,1-2H3,(H,32,39)(H,34,40). The maximum atomic E-state index is 13.2. The molecule has 1 saturated carbocycles. The van der Waals surface area contributed by atoms with Crippen molar-refractivity contribution in [2.75, 3.05) is 37.7 Å². The van der Waals surface area contributed by atoms with E-state index in [-0.39, 0.29) is 30.4 Å². The maximum Gasteiger partial charge on any atom is 0.317 e. The number of nitrogens with one attached hydrogen (secondary N) is 2. The third-order valence-electron chi connectivity index (χ3n) is 7.70. The fourth-order valence-corrected chi connectivity index (χ4v) is 5.49. The van der Waals surface area contributed by atoms with Gasteiger partial charge in [-0.1, -0.05) is 37.0 Å². The van der Waals surface area contributed by atoms with E-state index in [0.29, 0.717) is 38.7 Å². The van der Waals surface area contributed by atoms with E-state index in [1.807, 2.05) is 49.1 Å². The summed E-state index contributed by atoms with van der Waals surface area (Å²) in [5, 5.41) is 6.21. The van der Waals surface area contributed by atoms with Crippen LogP contribution in [-0.2, 0) is 4.79 Å². The molecule has 1 aliphatic carbocycles. The summed E-state index contributed by atoms with van der Waals surface area (Å²) in [6.07, 6.45) is 11.0. The first-order valence-electron chi connectivity index (χ1n) is 14.6. The molecular weight excluding hydrogens is 520 g/mol. The number of carbonyl (C=O) groups excluding carboxylic acids is 2. The minimum absolute atomic E-state index is 0.0496. The molecule has 2 N–H and O–H groups in total. The molecule has 0 bridgehead atoms. The van der Waals surface area contributed by atoms with E-state index in [4.69, 9.17) is 9.72 Å². The van der Waals surface area contributed by atoms with Gasteiger partial charge in [-0.05, 0) is 38.8 Å². The monoisotopic (exact) mass is 560 g/mol. The largest absolute Gasteiger partial charge is 0.492 e. The zero-order chi connectivity index (χ0) is 28.6. The third-order valence-corrected chi connectivity index (χ3v) is 7.70. The highest BCUT2D eigenvalue weighted by molar-refractivity contribution is 5.78. The Kier molecular flexibility index (Phi) is 9.33. The molecule has 11 nitrogen and oxygen atoms in total. The normalized spacial score (nSPS) is 17.8. The number of carbonyl (C=O) groups is 2. The first-order chi connectivity index (χ1) is 19.9. The Morgan fingerprint density at radius 1 is 1.05 bits per heavy atom. The number of amides is 3. The molecule has 2 aromatic heterocycles. The summed E-state index contributed by atoms with van der Waals surface area (Å²) >= 11 is 0. The lowest BCUT2D eigenvalue weighted by Gasteiger charge is -2.42. The molecule has 2 aliphatic rings. The predicted octanol–water partition coefficient (Wildman–Crippen LogP) is 3.40. The van der Waals surface area contributed by atoms with Crippen molar-refractivity contribution < 1.29 is 14.3 Å². The number of urea groups is 1. The molecular formula is C30H40N8O3. The Balaban J connectivity index is 1.25. The number of nitrogens with zero attached hydrogens (tertiary/aromatic N) is 6. The zero-order valence-corrected chi connectivity index (χ0v) is 24.0. The van der Waals surface area contributed by atoms with Gasteiger partial charge in [-0.2, -0.15) is 4.98 Å². The van der Waals surface area contributed by atoms with Gasteiger partial charge in [0, 0.05) is 56.3 Å². The smallest absolute Gasteiger partial charge is 0.317 e. The van der Waals surface area contributed by atoms with Gasteiger partial charge < -0.3 is 25.2 Å². The molecule has 1 atom stereocenters. The Hall–Kier alpha value is -4.15. The summed E-state index contributed by atoms with van der Waals surface area (Å²) in [5.74, 6) is 1.93. The van der Waals surface area contributed by atoms with Crippen LogP contribution in [0.2, 0.25) is 0 Å². The minimum atomic E-state index is -0.246. The molecule has 1 aliphatic heterocycles. The summed E-state index contributed by atoms with van der Waals surface area (Å²) in [4.78, 5) is 43.8. The topological polar surface area (TPSA) is 118 Å². The number of benzene rings is 1. The second-order valence-corrected chi connectivity index (χ2v) is 10.9.